The van der Waals surface area contributed by atoms with Gasteiger partial charge in [-0.25, -0.2) is 9.97 Å². The van der Waals surface area contributed by atoms with E-state index < -0.39 is 0 Å². The number of nitrogens with zero attached hydrogens (tertiary/aromatic N) is 4. The SMILES string of the molecule is COc1cc(N2CCC(C)(C)C2)c(N)cc1Nc1ncc(Cl)c(-c2cn(C)c3ccccc23)n1. The van der Waals surface area contributed by atoms with Crippen molar-refractivity contribution < 1.29 is 4.74 Å². The van der Waals surface area contributed by atoms with E-state index in [1.165, 1.54) is 0 Å². The number of para-hydroxylation sites is 1. The van der Waals surface area contributed by atoms with Crippen molar-refractivity contribution in [2.45, 2.75) is 20.3 Å². The number of aryl methyl sites for hydroxylation is 1. The van der Waals surface area contributed by atoms with E-state index in [1.54, 1.807) is 13.3 Å². The molecule has 176 valence electrons. The zero-order valence-corrected chi connectivity index (χ0v) is 20.6. The molecule has 0 atom stereocenters. The van der Waals surface area contributed by atoms with E-state index in [4.69, 9.17) is 27.1 Å². The average molecular weight is 477 g/mol. The van der Waals surface area contributed by atoms with Crippen LogP contribution in [0.4, 0.5) is 23.0 Å². The Kier molecular flexibility index (Phi) is 5.52. The first kappa shape index (κ1) is 22.3. The molecule has 34 heavy (non-hydrogen) atoms. The van der Waals surface area contributed by atoms with Gasteiger partial charge in [0.2, 0.25) is 5.95 Å². The molecule has 3 heterocycles. The second kappa shape index (κ2) is 8.40. The molecule has 1 saturated heterocycles. The van der Waals surface area contributed by atoms with Gasteiger partial charge in [0.15, 0.2) is 0 Å². The van der Waals surface area contributed by atoms with Crippen LogP contribution in [0.15, 0.2) is 48.8 Å². The van der Waals surface area contributed by atoms with Crippen molar-refractivity contribution in [3.8, 4) is 17.0 Å². The molecule has 2 aromatic heterocycles. The molecule has 7 nitrogen and oxygen atoms in total. The van der Waals surface area contributed by atoms with E-state index in [-0.39, 0.29) is 5.41 Å². The van der Waals surface area contributed by atoms with E-state index in [1.807, 2.05) is 37.5 Å². The van der Waals surface area contributed by atoms with Gasteiger partial charge in [0.1, 0.15) is 5.75 Å². The monoisotopic (exact) mass is 476 g/mol. The number of hydrogen-bond acceptors (Lipinski definition) is 6. The summed E-state index contributed by atoms with van der Waals surface area (Å²) in [5.41, 5.74) is 11.8. The van der Waals surface area contributed by atoms with E-state index >= 15 is 0 Å². The Bertz CT molecular complexity index is 1380. The number of benzene rings is 2. The summed E-state index contributed by atoms with van der Waals surface area (Å²) in [7, 11) is 3.66. The number of nitrogens with two attached hydrogens (primary N) is 1. The highest BCUT2D eigenvalue weighted by molar-refractivity contribution is 6.33. The fraction of sp³-hybridized carbons (Fsp3) is 0.308. The predicted octanol–water partition coefficient (Wildman–Crippen LogP) is 5.86. The maximum absolute atomic E-state index is 6.53. The lowest BCUT2D eigenvalue weighted by molar-refractivity contribution is 0.415. The molecule has 8 heteroatoms. The lowest BCUT2D eigenvalue weighted by Crippen LogP contribution is -2.23. The van der Waals surface area contributed by atoms with Crippen molar-refractivity contribution in [3.05, 3.63) is 53.8 Å². The maximum atomic E-state index is 6.53. The largest absolute Gasteiger partial charge is 0.494 e. The minimum Gasteiger partial charge on any atom is -0.494 e. The molecule has 0 unspecified atom stereocenters. The van der Waals surface area contributed by atoms with E-state index in [0.717, 1.165) is 41.7 Å². The zero-order chi connectivity index (χ0) is 24.0. The summed E-state index contributed by atoms with van der Waals surface area (Å²) in [6.07, 6.45) is 4.78. The number of rotatable bonds is 5. The minimum atomic E-state index is 0.270. The number of halogens is 1. The highest BCUT2D eigenvalue weighted by Gasteiger charge is 2.30. The van der Waals surface area contributed by atoms with Gasteiger partial charge in [-0.3, -0.25) is 0 Å². The Morgan fingerprint density at radius 2 is 2.00 bits per heavy atom. The first-order chi connectivity index (χ1) is 16.3. The summed E-state index contributed by atoms with van der Waals surface area (Å²) >= 11 is 6.53. The molecule has 4 aromatic rings. The van der Waals surface area contributed by atoms with Crippen LogP contribution in [0.3, 0.4) is 0 Å². The van der Waals surface area contributed by atoms with Crippen molar-refractivity contribution in [2.75, 3.05) is 36.1 Å². The number of ether oxygens (including phenoxy) is 1. The number of anilines is 4. The van der Waals surface area contributed by atoms with Crippen molar-refractivity contribution >= 4 is 45.5 Å². The maximum Gasteiger partial charge on any atom is 0.227 e. The molecule has 3 N–H and O–H groups in total. The minimum absolute atomic E-state index is 0.270. The van der Waals surface area contributed by atoms with Crippen molar-refractivity contribution in [2.24, 2.45) is 12.5 Å². The normalized spacial score (nSPS) is 15.1. The van der Waals surface area contributed by atoms with Gasteiger partial charge in [0.05, 0.1) is 41.1 Å². The Hall–Kier alpha value is -3.45. The van der Waals surface area contributed by atoms with Crippen LogP contribution in [0, 0.1) is 5.41 Å². The molecule has 0 radical (unpaired) electrons. The lowest BCUT2D eigenvalue weighted by atomic mass is 9.93. The van der Waals surface area contributed by atoms with E-state index in [2.05, 4.69) is 45.7 Å². The van der Waals surface area contributed by atoms with E-state index in [0.29, 0.717) is 33.8 Å². The Labute approximate surface area is 204 Å². The zero-order valence-electron chi connectivity index (χ0n) is 19.9. The molecule has 0 bridgehead atoms. The number of hydrogen-bond donors (Lipinski definition) is 2. The Morgan fingerprint density at radius 3 is 2.74 bits per heavy atom. The molecule has 1 aliphatic heterocycles. The van der Waals surface area contributed by atoms with Crippen LogP contribution in [-0.2, 0) is 7.05 Å². The van der Waals surface area contributed by atoms with Crippen LogP contribution >= 0.6 is 11.6 Å². The highest BCUT2D eigenvalue weighted by atomic mass is 35.5. The van der Waals surface area contributed by atoms with Gasteiger partial charge in [0, 0.05) is 48.9 Å². The molecule has 0 amide bonds. The van der Waals surface area contributed by atoms with Crippen molar-refractivity contribution in [1.29, 1.82) is 0 Å². The lowest BCUT2D eigenvalue weighted by Gasteiger charge is -2.24. The van der Waals surface area contributed by atoms with Gasteiger partial charge in [-0.15, -0.1) is 0 Å². The molecule has 0 aliphatic carbocycles. The second-order valence-corrected chi connectivity index (χ2v) is 10.0. The van der Waals surface area contributed by atoms with Crippen LogP contribution in [0.25, 0.3) is 22.2 Å². The van der Waals surface area contributed by atoms with Gasteiger partial charge >= 0.3 is 0 Å². The van der Waals surface area contributed by atoms with Gasteiger partial charge < -0.3 is 25.3 Å². The third-order valence-electron chi connectivity index (χ3n) is 6.51. The van der Waals surface area contributed by atoms with Crippen molar-refractivity contribution in [3.63, 3.8) is 0 Å². The van der Waals surface area contributed by atoms with Gasteiger partial charge in [-0.05, 0) is 24.0 Å². The topological polar surface area (TPSA) is 81.2 Å². The molecule has 5 rings (SSSR count). The summed E-state index contributed by atoms with van der Waals surface area (Å²) in [6.45, 7) is 6.49. The average Bonchev–Trinajstić information content (AvgIpc) is 3.34. The van der Waals surface area contributed by atoms with Crippen LogP contribution in [0.5, 0.6) is 5.75 Å². The van der Waals surface area contributed by atoms with Crippen LogP contribution < -0.4 is 20.7 Å². The fourth-order valence-electron chi connectivity index (χ4n) is 4.71. The number of nitrogen functional groups attached to an aromatic ring is 1. The first-order valence-electron chi connectivity index (χ1n) is 11.3. The molecule has 2 aromatic carbocycles. The predicted molar refractivity (Wildman–Crippen MR) is 140 cm³/mol. The molecule has 1 fully saturated rings. The van der Waals surface area contributed by atoms with Gasteiger partial charge in [-0.1, -0.05) is 43.6 Å². The first-order valence-corrected chi connectivity index (χ1v) is 11.7. The summed E-state index contributed by atoms with van der Waals surface area (Å²) in [5.74, 6) is 1.10. The van der Waals surface area contributed by atoms with Crippen LogP contribution in [-0.4, -0.2) is 34.7 Å². The second-order valence-electron chi connectivity index (χ2n) is 9.63. The molecule has 1 aliphatic rings. The summed E-state index contributed by atoms with van der Waals surface area (Å²) in [5, 5.41) is 4.85. The Balaban J connectivity index is 1.50. The van der Waals surface area contributed by atoms with Gasteiger partial charge in [-0.2, -0.15) is 0 Å². The fourth-order valence-corrected chi connectivity index (χ4v) is 4.90. The van der Waals surface area contributed by atoms with Gasteiger partial charge in [0.25, 0.3) is 0 Å². The smallest absolute Gasteiger partial charge is 0.227 e. The van der Waals surface area contributed by atoms with Crippen LogP contribution in [0.2, 0.25) is 5.02 Å². The summed E-state index contributed by atoms with van der Waals surface area (Å²) in [6, 6.07) is 12.0. The Morgan fingerprint density at radius 1 is 1.21 bits per heavy atom. The molecular weight excluding hydrogens is 448 g/mol. The molecule has 0 spiro atoms. The summed E-state index contributed by atoms with van der Waals surface area (Å²) < 4.78 is 7.76. The standard InChI is InChI=1S/C26H29ClN6O/c1-26(2)9-10-33(15-26)22-12-23(34-4)20(11-19(22)28)30-25-29-13-18(27)24(31-25)17-14-32(3)21-8-6-5-7-16(17)21/h5-8,11-14H,9-10,15,28H2,1-4H3,(H,29,30,31). The summed E-state index contributed by atoms with van der Waals surface area (Å²) in [4.78, 5) is 11.5. The van der Waals surface area contributed by atoms with E-state index in [9.17, 15) is 0 Å². The molecule has 0 saturated carbocycles. The van der Waals surface area contributed by atoms with Crippen LogP contribution in [0.1, 0.15) is 20.3 Å². The quantitative estimate of drug-likeness (QED) is 0.351. The van der Waals surface area contributed by atoms with Crippen molar-refractivity contribution in [1.82, 2.24) is 14.5 Å². The third kappa shape index (κ3) is 4.01. The highest BCUT2D eigenvalue weighted by Crippen LogP contribution is 2.41. The number of fused-ring (bicyclic) bond motifs is 1. The number of aromatic nitrogens is 3. The molecular formula is C26H29ClN6O. The number of nitrogens with one attached hydrogen (secondary N) is 1. The third-order valence-corrected chi connectivity index (χ3v) is 6.79. The number of methoxy groups -OCH3 is 1.